The van der Waals surface area contributed by atoms with Crippen LogP contribution in [0.15, 0.2) is 16.6 Å². The maximum absolute atomic E-state index is 13.3. The lowest BCUT2D eigenvalue weighted by atomic mass is 10.2. The molecule has 76 valence electrons. The van der Waals surface area contributed by atoms with Crippen molar-refractivity contribution in [2.45, 2.75) is 25.4 Å². The van der Waals surface area contributed by atoms with Crippen LogP contribution in [-0.4, -0.2) is 6.04 Å². The summed E-state index contributed by atoms with van der Waals surface area (Å²) in [6, 6.07) is 2.77. The third-order valence-corrected chi connectivity index (χ3v) is 3.14. The number of benzene rings is 1. The second-order valence-corrected chi connectivity index (χ2v) is 4.27. The van der Waals surface area contributed by atoms with Crippen LogP contribution in [0.3, 0.4) is 0 Å². The highest BCUT2D eigenvalue weighted by Gasteiger charge is 2.21. The van der Waals surface area contributed by atoms with Gasteiger partial charge in [-0.15, -0.1) is 0 Å². The fourth-order valence-electron chi connectivity index (χ4n) is 1.26. The van der Waals surface area contributed by atoms with E-state index in [9.17, 15) is 8.78 Å². The number of hydrogen-bond donors (Lipinski definition) is 1. The van der Waals surface area contributed by atoms with Crippen LogP contribution in [0.5, 0.6) is 0 Å². The van der Waals surface area contributed by atoms with Gasteiger partial charge in [-0.1, -0.05) is 0 Å². The number of nitrogens with one attached hydrogen (secondary N) is 1. The van der Waals surface area contributed by atoms with E-state index >= 15 is 0 Å². The van der Waals surface area contributed by atoms with Crippen LogP contribution < -0.4 is 5.32 Å². The van der Waals surface area contributed by atoms with Crippen LogP contribution >= 0.6 is 15.9 Å². The normalized spacial score (nSPS) is 15.9. The molecule has 0 radical (unpaired) electrons. The monoisotopic (exact) mass is 261 g/mol. The summed E-state index contributed by atoms with van der Waals surface area (Å²) in [7, 11) is 0. The molecule has 1 nitrogen and oxygen atoms in total. The molecule has 0 spiro atoms. The van der Waals surface area contributed by atoms with Crippen molar-refractivity contribution in [2.24, 2.45) is 0 Å². The van der Waals surface area contributed by atoms with Gasteiger partial charge in [-0.25, -0.2) is 8.78 Å². The molecule has 0 amide bonds. The Morgan fingerprint density at radius 2 is 1.93 bits per heavy atom. The van der Waals surface area contributed by atoms with Crippen molar-refractivity contribution < 1.29 is 8.78 Å². The Bertz CT molecular complexity index is 350. The van der Waals surface area contributed by atoms with Crippen molar-refractivity contribution in [3.8, 4) is 0 Å². The summed E-state index contributed by atoms with van der Waals surface area (Å²) in [6.45, 7) is 0.384. The SMILES string of the molecule is Fc1ccc(F)c(CNC2CC2)c1Br. The van der Waals surface area contributed by atoms with Gasteiger partial charge in [0.1, 0.15) is 11.6 Å². The lowest BCUT2D eigenvalue weighted by Gasteiger charge is -2.07. The highest BCUT2D eigenvalue weighted by Crippen LogP contribution is 2.25. The van der Waals surface area contributed by atoms with Crippen LogP contribution in [0.2, 0.25) is 0 Å². The van der Waals surface area contributed by atoms with Crippen molar-refractivity contribution in [3.05, 3.63) is 33.8 Å². The molecule has 0 unspecified atom stereocenters. The Kier molecular flexibility index (Phi) is 2.83. The van der Waals surface area contributed by atoms with Gasteiger partial charge < -0.3 is 5.32 Å². The van der Waals surface area contributed by atoms with E-state index in [4.69, 9.17) is 0 Å². The highest BCUT2D eigenvalue weighted by molar-refractivity contribution is 9.10. The first-order chi connectivity index (χ1) is 6.68. The molecule has 1 aliphatic rings. The molecule has 14 heavy (non-hydrogen) atoms. The smallest absolute Gasteiger partial charge is 0.137 e. The second kappa shape index (κ2) is 3.95. The minimum Gasteiger partial charge on any atom is -0.310 e. The van der Waals surface area contributed by atoms with Gasteiger partial charge in [-0.3, -0.25) is 0 Å². The van der Waals surface area contributed by atoms with Crippen LogP contribution in [0.25, 0.3) is 0 Å². The largest absolute Gasteiger partial charge is 0.310 e. The van der Waals surface area contributed by atoms with Gasteiger partial charge in [0.25, 0.3) is 0 Å². The zero-order chi connectivity index (χ0) is 10.1. The summed E-state index contributed by atoms with van der Waals surface area (Å²) in [6.07, 6.45) is 2.27. The van der Waals surface area contributed by atoms with Crippen molar-refractivity contribution in [1.82, 2.24) is 5.32 Å². The maximum Gasteiger partial charge on any atom is 0.137 e. The quantitative estimate of drug-likeness (QED) is 0.826. The molecule has 0 aromatic heterocycles. The molecule has 1 N–H and O–H groups in total. The fourth-order valence-corrected chi connectivity index (χ4v) is 1.73. The van der Waals surface area contributed by atoms with E-state index in [-0.39, 0.29) is 10.3 Å². The average molecular weight is 262 g/mol. The minimum atomic E-state index is -0.418. The molecule has 1 fully saturated rings. The molecular formula is C10H10BrF2N. The molecule has 1 aliphatic carbocycles. The fraction of sp³-hybridized carbons (Fsp3) is 0.400. The molecule has 0 aliphatic heterocycles. The first kappa shape index (κ1) is 10.1. The van der Waals surface area contributed by atoms with Crippen LogP contribution in [0, 0.1) is 11.6 Å². The maximum atomic E-state index is 13.3. The summed E-state index contributed by atoms with van der Waals surface area (Å²) in [5.41, 5.74) is 0.372. The highest BCUT2D eigenvalue weighted by atomic mass is 79.9. The van der Waals surface area contributed by atoms with Crippen molar-refractivity contribution in [1.29, 1.82) is 0 Å². The van der Waals surface area contributed by atoms with Gasteiger partial charge in [0.15, 0.2) is 0 Å². The molecule has 1 aromatic rings. The van der Waals surface area contributed by atoms with E-state index in [0.717, 1.165) is 25.0 Å². The zero-order valence-electron chi connectivity index (χ0n) is 7.49. The predicted molar refractivity (Wildman–Crippen MR) is 53.9 cm³/mol. The van der Waals surface area contributed by atoms with Crippen LogP contribution in [0.4, 0.5) is 8.78 Å². The van der Waals surface area contributed by atoms with Crippen molar-refractivity contribution in [2.75, 3.05) is 0 Å². The van der Waals surface area contributed by atoms with Gasteiger partial charge in [-0.2, -0.15) is 0 Å². The van der Waals surface area contributed by atoms with E-state index in [1.807, 2.05) is 0 Å². The average Bonchev–Trinajstić information content (AvgIpc) is 2.95. The van der Waals surface area contributed by atoms with Gasteiger partial charge in [-0.05, 0) is 40.9 Å². The summed E-state index contributed by atoms with van der Waals surface area (Å²) in [5.74, 6) is -0.787. The first-order valence-electron chi connectivity index (χ1n) is 4.54. The van der Waals surface area contributed by atoms with Crippen LogP contribution in [0.1, 0.15) is 18.4 Å². The third kappa shape index (κ3) is 2.12. The lowest BCUT2D eigenvalue weighted by Crippen LogP contribution is -2.17. The predicted octanol–water partition coefficient (Wildman–Crippen LogP) is 2.98. The Morgan fingerprint density at radius 1 is 1.29 bits per heavy atom. The van der Waals surface area contributed by atoms with Gasteiger partial charge in [0.2, 0.25) is 0 Å². The molecule has 0 bridgehead atoms. The Hall–Kier alpha value is -0.480. The van der Waals surface area contributed by atoms with Crippen molar-refractivity contribution in [3.63, 3.8) is 0 Å². The molecule has 0 heterocycles. The van der Waals surface area contributed by atoms with Crippen molar-refractivity contribution >= 4 is 15.9 Å². The number of halogens is 3. The standard InChI is InChI=1S/C10H10BrF2N/c11-10-7(5-14-6-1-2-6)8(12)3-4-9(10)13/h3-4,6,14H,1-2,5H2. The molecule has 1 saturated carbocycles. The third-order valence-electron chi connectivity index (χ3n) is 2.28. The van der Waals surface area contributed by atoms with E-state index in [2.05, 4.69) is 21.2 Å². The lowest BCUT2D eigenvalue weighted by molar-refractivity contribution is 0.562. The summed E-state index contributed by atoms with van der Waals surface area (Å²) < 4.78 is 26.6. The minimum absolute atomic E-state index is 0.227. The van der Waals surface area contributed by atoms with Gasteiger partial charge in [0, 0.05) is 18.2 Å². The van der Waals surface area contributed by atoms with Crippen LogP contribution in [-0.2, 0) is 6.54 Å². The topological polar surface area (TPSA) is 12.0 Å². The molecule has 0 saturated heterocycles. The molecular weight excluding hydrogens is 252 g/mol. The van der Waals surface area contributed by atoms with Gasteiger partial charge >= 0.3 is 0 Å². The molecule has 1 aromatic carbocycles. The number of hydrogen-bond acceptors (Lipinski definition) is 1. The Morgan fingerprint density at radius 3 is 2.57 bits per heavy atom. The first-order valence-corrected chi connectivity index (χ1v) is 5.33. The van der Waals surface area contributed by atoms with E-state index in [0.29, 0.717) is 18.2 Å². The van der Waals surface area contributed by atoms with E-state index in [1.54, 1.807) is 0 Å². The Labute approximate surface area is 89.6 Å². The summed E-state index contributed by atoms with van der Waals surface area (Å²) >= 11 is 3.05. The summed E-state index contributed by atoms with van der Waals surface area (Å²) in [4.78, 5) is 0. The van der Waals surface area contributed by atoms with E-state index in [1.165, 1.54) is 0 Å². The second-order valence-electron chi connectivity index (χ2n) is 3.48. The molecule has 0 atom stereocenters. The Balaban J connectivity index is 2.16. The molecule has 2 rings (SSSR count). The zero-order valence-corrected chi connectivity index (χ0v) is 9.07. The van der Waals surface area contributed by atoms with Gasteiger partial charge in [0.05, 0.1) is 4.47 Å². The number of rotatable bonds is 3. The summed E-state index contributed by atoms with van der Waals surface area (Å²) in [5, 5.41) is 3.15. The molecule has 4 heteroatoms. The van der Waals surface area contributed by atoms with E-state index < -0.39 is 5.82 Å².